The van der Waals surface area contributed by atoms with Gasteiger partial charge in [0, 0.05) is 43.4 Å². The van der Waals surface area contributed by atoms with Gasteiger partial charge in [-0.1, -0.05) is 97.1 Å². The molecule has 7 aromatic carbocycles. The fourth-order valence-electron chi connectivity index (χ4n) is 7.50. The number of rotatable bonds is 4. The predicted octanol–water partition coefficient (Wildman–Crippen LogP) is 11.5. The Bertz CT molecular complexity index is 3070. The lowest BCUT2D eigenvalue weighted by Crippen LogP contribution is -2.33. The van der Waals surface area contributed by atoms with Crippen LogP contribution in [0.3, 0.4) is 0 Å². The molecule has 6 nitrogen and oxygen atoms in total. The molecule has 0 amide bonds. The van der Waals surface area contributed by atoms with Crippen molar-refractivity contribution in [1.82, 2.24) is 5.32 Å². The van der Waals surface area contributed by atoms with Gasteiger partial charge in [-0.25, -0.2) is 9.98 Å². The summed E-state index contributed by atoms with van der Waals surface area (Å²) in [6.07, 6.45) is -0.323. The molecule has 10 aromatic rings. The molecule has 0 saturated heterocycles. The maximum atomic E-state index is 6.47. The summed E-state index contributed by atoms with van der Waals surface area (Å²) < 4.78 is 18.9. The Hall–Kier alpha value is -6.92. The predicted molar refractivity (Wildman–Crippen MR) is 206 cm³/mol. The van der Waals surface area contributed by atoms with Gasteiger partial charge in [0.25, 0.3) is 0 Å². The van der Waals surface area contributed by atoms with Crippen molar-refractivity contribution in [2.45, 2.75) is 6.17 Å². The number of nitrogens with one attached hydrogen (secondary N) is 1. The summed E-state index contributed by atoms with van der Waals surface area (Å²) in [5.74, 6) is 1.36. The first-order valence-electron chi connectivity index (χ1n) is 17.0. The molecule has 0 aliphatic carbocycles. The number of nitrogens with zero attached hydrogens (tertiary/aromatic N) is 2. The maximum absolute atomic E-state index is 6.47. The highest BCUT2D eigenvalue weighted by molar-refractivity contribution is 6.17. The third kappa shape index (κ3) is 4.43. The van der Waals surface area contributed by atoms with Gasteiger partial charge in [0.1, 0.15) is 45.5 Å². The molecule has 0 saturated carbocycles. The summed E-state index contributed by atoms with van der Waals surface area (Å²) in [5, 5.41) is 10.1. The minimum Gasteiger partial charge on any atom is -0.456 e. The standard InChI is InChI=1S/C45H27N3O3/c1-2-9-26(10-3-1)43-46-44(28-17-20-32-31-11-4-6-14-36(31)50-40(32)24-28)48-45(47-43)29-18-21-33-35-23-27(19-22-38(35)51-41(33)25-29)30-13-8-16-39-42(30)34-12-5-7-15-37(34)49-39/h1-25,43H,(H,46,47,48). The Morgan fingerprint density at radius 1 is 0.431 bits per heavy atom. The van der Waals surface area contributed by atoms with Crippen molar-refractivity contribution in [3.05, 3.63) is 168 Å². The molecule has 1 unspecified atom stereocenters. The highest BCUT2D eigenvalue weighted by atomic mass is 16.3. The zero-order valence-corrected chi connectivity index (χ0v) is 27.1. The van der Waals surface area contributed by atoms with Gasteiger partial charge >= 0.3 is 0 Å². The minimum atomic E-state index is -0.323. The monoisotopic (exact) mass is 657 g/mol. The fourth-order valence-corrected chi connectivity index (χ4v) is 7.50. The second-order valence-electron chi connectivity index (χ2n) is 13.0. The number of benzene rings is 7. The maximum Gasteiger partial charge on any atom is 0.159 e. The first-order valence-corrected chi connectivity index (χ1v) is 17.0. The topological polar surface area (TPSA) is 76.2 Å². The van der Waals surface area contributed by atoms with E-state index in [9.17, 15) is 0 Å². The van der Waals surface area contributed by atoms with Crippen LogP contribution in [0.5, 0.6) is 0 Å². The van der Waals surface area contributed by atoms with E-state index < -0.39 is 0 Å². The van der Waals surface area contributed by atoms with E-state index in [0.29, 0.717) is 5.84 Å². The smallest absolute Gasteiger partial charge is 0.159 e. The first-order chi connectivity index (χ1) is 25.2. The molecule has 11 rings (SSSR count). The number of para-hydroxylation sites is 2. The van der Waals surface area contributed by atoms with Crippen molar-refractivity contribution < 1.29 is 13.3 Å². The summed E-state index contributed by atoms with van der Waals surface area (Å²) in [5.41, 5.74) is 10.1. The van der Waals surface area contributed by atoms with Crippen molar-refractivity contribution in [2.75, 3.05) is 0 Å². The minimum absolute atomic E-state index is 0.323. The van der Waals surface area contributed by atoms with Crippen molar-refractivity contribution >= 4 is 77.5 Å². The lowest BCUT2D eigenvalue weighted by Gasteiger charge is -2.23. The van der Waals surface area contributed by atoms with E-state index in [0.717, 1.165) is 99.5 Å². The normalized spacial score (nSPS) is 14.9. The Balaban J connectivity index is 1.02. The highest BCUT2D eigenvalue weighted by Gasteiger charge is 2.23. The summed E-state index contributed by atoms with van der Waals surface area (Å²) in [4.78, 5) is 10.2. The zero-order valence-electron chi connectivity index (χ0n) is 27.1. The first kappa shape index (κ1) is 28.0. The van der Waals surface area contributed by atoms with Gasteiger partial charge < -0.3 is 18.6 Å². The molecule has 51 heavy (non-hydrogen) atoms. The van der Waals surface area contributed by atoms with Crippen molar-refractivity contribution in [3.63, 3.8) is 0 Å². The second kappa shape index (κ2) is 10.8. The molecule has 0 radical (unpaired) electrons. The van der Waals surface area contributed by atoms with Gasteiger partial charge in [0.15, 0.2) is 5.84 Å². The third-order valence-electron chi connectivity index (χ3n) is 9.95. The second-order valence-corrected chi connectivity index (χ2v) is 13.0. The quantitative estimate of drug-likeness (QED) is 0.204. The number of furan rings is 3. The van der Waals surface area contributed by atoms with E-state index in [4.69, 9.17) is 23.2 Å². The molecule has 3 aromatic heterocycles. The van der Waals surface area contributed by atoms with E-state index in [1.807, 2.05) is 54.6 Å². The SMILES string of the molecule is c1ccc(C2N=C(c3ccc4c(c3)oc3ccc(-c5cccc6oc7ccccc7c56)cc34)N=C(c3ccc4c(c3)oc3ccccc34)N2)cc1. The van der Waals surface area contributed by atoms with Crippen LogP contribution >= 0.6 is 0 Å². The summed E-state index contributed by atoms with van der Waals surface area (Å²) in [6, 6.07) is 51.7. The fraction of sp³-hybridized carbons (Fsp3) is 0.0222. The van der Waals surface area contributed by atoms with Gasteiger partial charge in [-0.3, -0.25) is 0 Å². The number of amidine groups is 2. The lowest BCUT2D eigenvalue weighted by molar-refractivity contribution is 0.666. The average Bonchev–Trinajstić information content (AvgIpc) is 3.88. The molecule has 0 spiro atoms. The average molecular weight is 658 g/mol. The molecular weight excluding hydrogens is 631 g/mol. The number of hydrogen-bond donors (Lipinski definition) is 1. The van der Waals surface area contributed by atoms with Gasteiger partial charge in [-0.05, 0) is 71.3 Å². The Morgan fingerprint density at radius 3 is 1.88 bits per heavy atom. The number of aliphatic imine (C=N–C) groups is 2. The van der Waals surface area contributed by atoms with Crippen LogP contribution in [0.2, 0.25) is 0 Å². The summed E-state index contributed by atoms with van der Waals surface area (Å²) >= 11 is 0. The van der Waals surface area contributed by atoms with Crippen LogP contribution in [-0.2, 0) is 0 Å². The summed E-state index contributed by atoms with van der Waals surface area (Å²) in [7, 11) is 0. The highest BCUT2D eigenvalue weighted by Crippen LogP contribution is 2.39. The molecule has 240 valence electrons. The van der Waals surface area contributed by atoms with Crippen LogP contribution in [0.25, 0.3) is 76.9 Å². The van der Waals surface area contributed by atoms with E-state index in [1.165, 1.54) is 0 Å². The van der Waals surface area contributed by atoms with Gasteiger partial charge in [0.05, 0.1) is 0 Å². The van der Waals surface area contributed by atoms with E-state index in [-0.39, 0.29) is 6.17 Å². The Kier molecular flexibility index (Phi) is 5.92. The number of hydrogen-bond acceptors (Lipinski definition) is 6. The molecule has 1 aliphatic heterocycles. The third-order valence-corrected chi connectivity index (χ3v) is 9.95. The van der Waals surface area contributed by atoms with Gasteiger partial charge in [0.2, 0.25) is 0 Å². The van der Waals surface area contributed by atoms with Crippen molar-refractivity contribution in [1.29, 1.82) is 0 Å². The molecular formula is C45H27N3O3. The van der Waals surface area contributed by atoms with E-state index >= 15 is 0 Å². The van der Waals surface area contributed by atoms with Crippen molar-refractivity contribution in [2.24, 2.45) is 9.98 Å². The van der Waals surface area contributed by atoms with E-state index in [1.54, 1.807) is 0 Å². The Morgan fingerprint density at radius 2 is 1.04 bits per heavy atom. The molecule has 1 atom stereocenters. The van der Waals surface area contributed by atoms with Crippen LogP contribution < -0.4 is 5.32 Å². The summed E-state index contributed by atoms with van der Waals surface area (Å²) in [6.45, 7) is 0. The largest absolute Gasteiger partial charge is 0.456 e. The molecule has 1 N–H and O–H groups in total. The van der Waals surface area contributed by atoms with Crippen LogP contribution in [0, 0.1) is 0 Å². The molecule has 0 bridgehead atoms. The van der Waals surface area contributed by atoms with Crippen molar-refractivity contribution in [3.8, 4) is 11.1 Å². The van der Waals surface area contributed by atoms with Crippen LogP contribution in [-0.4, -0.2) is 11.7 Å². The lowest BCUT2D eigenvalue weighted by atomic mass is 9.98. The Labute approximate surface area is 291 Å². The van der Waals surface area contributed by atoms with E-state index in [2.05, 4.69) is 102 Å². The van der Waals surface area contributed by atoms with Gasteiger partial charge in [-0.2, -0.15) is 0 Å². The van der Waals surface area contributed by atoms with Crippen LogP contribution in [0.15, 0.2) is 175 Å². The van der Waals surface area contributed by atoms with Crippen LogP contribution in [0.4, 0.5) is 0 Å². The number of fused-ring (bicyclic) bond motifs is 9. The molecule has 0 fully saturated rings. The zero-order chi connectivity index (χ0) is 33.5. The molecule has 6 heteroatoms. The van der Waals surface area contributed by atoms with Gasteiger partial charge in [-0.15, -0.1) is 0 Å². The van der Waals surface area contributed by atoms with Crippen LogP contribution in [0.1, 0.15) is 22.9 Å². The molecule has 1 aliphatic rings. The molecule has 4 heterocycles.